The molecule has 1 aliphatic heterocycles. The monoisotopic (exact) mass is 261 g/mol. The lowest BCUT2D eigenvalue weighted by Gasteiger charge is -2.35. The summed E-state index contributed by atoms with van der Waals surface area (Å²) in [5.41, 5.74) is 2.19. The lowest BCUT2D eigenvalue weighted by atomic mass is 9.96. The molecular formula is C15H19NO3. The summed E-state index contributed by atoms with van der Waals surface area (Å²) in [5, 5.41) is 8.62. The SMILES string of the molecule is C[C@H]1CCc2ccccc2N1C(=O)CCCC(=O)O. The van der Waals surface area contributed by atoms with Gasteiger partial charge in [0.15, 0.2) is 0 Å². The average molecular weight is 261 g/mol. The van der Waals surface area contributed by atoms with Crippen LogP contribution in [0.5, 0.6) is 0 Å². The molecular weight excluding hydrogens is 242 g/mol. The molecule has 0 aliphatic carbocycles. The predicted octanol–water partition coefficient (Wildman–Crippen LogP) is 2.61. The Morgan fingerprint density at radius 2 is 2.05 bits per heavy atom. The molecule has 1 amide bonds. The molecule has 1 heterocycles. The van der Waals surface area contributed by atoms with Gasteiger partial charge in [-0.2, -0.15) is 0 Å². The number of carbonyl (C=O) groups excluding carboxylic acids is 1. The summed E-state index contributed by atoms with van der Waals surface area (Å²) in [6.45, 7) is 2.05. The zero-order valence-corrected chi connectivity index (χ0v) is 11.1. The summed E-state index contributed by atoms with van der Waals surface area (Å²) in [4.78, 5) is 24.6. The van der Waals surface area contributed by atoms with Crippen molar-refractivity contribution < 1.29 is 14.7 Å². The highest BCUT2D eigenvalue weighted by Crippen LogP contribution is 2.31. The zero-order valence-electron chi connectivity index (χ0n) is 11.1. The minimum absolute atomic E-state index is 0.0286. The fraction of sp³-hybridized carbons (Fsp3) is 0.467. The van der Waals surface area contributed by atoms with Crippen LogP contribution in [0.2, 0.25) is 0 Å². The van der Waals surface area contributed by atoms with Crippen molar-refractivity contribution in [3.05, 3.63) is 29.8 Å². The second-order valence-corrected chi connectivity index (χ2v) is 5.03. The molecule has 0 saturated heterocycles. The molecule has 0 unspecified atom stereocenters. The van der Waals surface area contributed by atoms with Gasteiger partial charge in [0.1, 0.15) is 0 Å². The van der Waals surface area contributed by atoms with Gasteiger partial charge < -0.3 is 10.0 Å². The van der Waals surface area contributed by atoms with Crippen LogP contribution >= 0.6 is 0 Å². The van der Waals surface area contributed by atoms with E-state index in [1.54, 1.807) is 0 Å². The fourth-order valence-corrected chi connectivity index (χ4v) is 2.58. The maximum atomic E-state index is 12.3. The predicted molar refractivity (Wildman–Crippen MR) is 73.2 cm³/mol. The van der Waals surface area contributed by atoms with Crippen molar-refractivity contribution in [1.29, 1.82) is 0 Å². The Hall–Kier alpha value is -1.84. The van der Waals surface area contributed by atoms with E-state index in [-0.39, 0.29) is 18.4 Å². The summed E-state index contributed by atoms with van der Waals surface area (Å²) in [6.07, 6.45) is 2.71. The number of carboxylic acid groups (broad SMARTS) is 1. The molecule has 1 aromatic rings. The molecule has 0 bridgehead atoms. The highest BCUT2D eigenvalue weighted by molar-refractivity contribution is 5.95. The van der Waals surface area contributed by atoms with Gasteiger partial charge in [-0.1, -0.05) is 18.2 Å². The maximum absolute atomic E-state index is 12.3. The Balaban J connectivity index is 2.10. The van der Waals surface area contributed by atoms with E-state index < -0.39 is 5.97 Å². The first-order valence-corrected chi connectivity index (χ1v) is 6.71. The van der Waals surface area contributed by atoms with E-state index in [2.05, 4.69) is 6.07 Å². The van der Waals surface area contributed by atoms with Gasteiger partial charge in [-0.15, -0.1) is 0 Å². The van der Waals surface area contributed by atoms with Gasteiger partial charge in [0.05, 0.1) is 0 Å². The lowest BCUT2D eigenvalue weighted by Crippen LogP contribution is -2.42. The van der Waals surface area contributed by atoms with Gasteiger partial charge in [-0.05, 0) is 37.8 Å². The number of carboxylic acids is 1. The Kier molecular flexibility index (Phi) is 4.20. The number of para-hydroxylation sites is 1. The van der Waals surface area contributed by atoms with Crippen LogP contribution in [0.4, 0.5) is 5.69 Å². The number of hydrogen-bond acceptors (Lipinski definition) is 2. The highest BCUT2D eigenvalue weighted by atomic mass is 16.4. The van der Waals surface area contributed by atoms with Crippen LogP contribution in [0.15, 0.2) is 24.3 Å². The number of nitrogens with zero attached hydrogens (tertiary/aromatic N) is 1. The Labute approximate surface area is 113 Å². The molecule has 4 heteroatoms. The third kappa shape index (κ3) is 3.13. The minimum Gasteiger partial charge on any atom is -0.481 e. The highest BCUT2D eigenvalue weighted by Gasteiger charge is 2.27. The lowest BCUT2D eigenvalue weighted by molar-refractivity contribution is -0.137. The summed E-state index contributed by atoms with van der Waals surface area (Å²) in [5.74, 6) is -0.819. The first-order chi connectivity index (χ1) is 9.09. The first-order valence-electron chi connectivity index (χ1n) is 6.71. The number of amides is 1. The van der Waals surface area contributed by atoms with Crippen molar-refractivity contribution >= 4 is 17.6 Å². The zero-order chi connectivity index (χ0) is 13.8. The number of anilines is 1. The number of hydrogen-bond donors (Lipinski definition) is 1. The average Bonchev–Trinajstić information content (AvgIpc) is 2.38. The van der Waals surface area contributed by atoms with Crippen molar-refractivity contribution in [2.75, 3.05) is 4.90 Å². The molecule has 0 fully saturated rings. The van der Waals surface area contributed by atoms with E-state index in [1.807, 2.05) is 30.0 Å². The topological polar surface area (TPSA) is 57.6 Å². The molecule has 2 rings (SSSR count). The number of carbonyl (C=O) groups is 2. The van der Waals surface area contributed by atoms with Crippen LogP contribution in [0, 0.1) is 0 Å². The number of aliphatic carboxylic acids is 1. The smallest absolute Gasteiger partial charge is 0.303 e. The third-order valence-corrected chi connectivity index (χ3v) is 3.57. The second-order valence-electron chi connectivity index (χ2n) is 5.03. The Morgan fingerprint density at radius 3 is 2.79 bits per heavy atom. The summed E-state index contributed by atoms with van der Waals surface area (Å²) < 4.78 is 0. The number of fused-ring (bicyclic) bond motifs is 1. The normalized spacial score (nSPS) is 17.9. The van der Waals surface area contributed by atoms with E-state index in [9.17, 15) is 9.59 Å². The molecule has 4 nitrogen and oxygen atoms in total. The summed E-state index contributed by atoms with van der Waals surface area (Å²) in [7, 11) is 0. The van der Waals surface area contributed by atoms with Crippen molar-refractivity contribution in [3.8, 4) is 0 Å². The summed E-state index contributed by atoms with van der Waals surface area (Å²) >= 11 is 0. The second kappa shape index (κ2) is 5.87. The van der Waals surface area contributed by atoms with Crippen LogP contribution < -0.4 is 4.90 Å². The fourth-order valence-electron chi connectivity index (χ4n) is 2.58. The van der Waals surface area contributed by atoms with Crippen LogP contribution in [-0.4, -0.2) is 23.0 Å². The van der Waals surface area contributed by atoms with E-state index in [4.69, 9.17) is 5.11 Å². The standard InChI is InChI=1S/C15H19NO3/c1-11-9-10-12-5-2-3-6-13(12)16(11)14(17)7-4-8-15(18)19/h2-3,5-6,11H,4,7-10H2,1H3,(H,18,19)/t11-/m0/s1. The molecule has 0 saturated carbocycles. The van der Waals surface area contributed by atoms with E-state index in [0.29, 0.717) is 12.8 Å². The third-order valence-electron chi connectivity index (χ3n) is 3.57. The van der Waals surface area contributed by atoms with Gasteiger partial charge in [0, 0.05) is 24.6 Å². The largest absolute Gasteiger partial charge is 0.481 e. The molecule has 1 atom stereocenters. The van der Waals surface area contributed by atoms with Crippen molar-refractivity contribution in [1.82, 2.24) is 0 Å². The van der Waals surface area contributed by atoms with Gasteiger partial charge in [0.25, 0.3) is 0 Å². The quantitative estimate of drug-likeness (QED) is 0.906. The molecule has 1 N–H and O–H groups in total. The maximum Gasteiger partial charge on any atom is 0.303 e. The van der Waals surface area contributed by atoms with Gasteiger partial charge in [-0.25, -0.2) is 0 Å². The van der Waals surface area contributed by atoms with E-state index in [0.717, 1.165) is 18.5 Å². The summed E-state index contributed by atoms with van der Waals surface area (Å²) in [6, 6.07) is 8.14. The molecule has 1 aliphatic rings. The molecule has 102 valence electrons. The van der Waals surface area contributed by atoms with Crippen LogP contribution in [0.1, 0.15) is 38.2 Å². The molecule has 1 aromatic carbocycles. The molecule has 0 spiro atoms. The van der Waals surface area contributed by atoms with Crippen molar-refractivity contribution in [2.24, 2.45) is 0 Å². The Bertz CT molecular complexity index is 484. The van der Waals surface area contributed by atoms with Crippen LogP contribution in [0.25, 0.3) is 0 Å². The first kappa shape index (κ1) is 13.6. The van der Waals surface area contributed by atoms with E-state index >= 15 is 0 Å². The molecule has 0 aromatic heterocycles. The molecule has 19 heavy (non-hydrogen) atoms. The van der Waals surface area contributed by atoms with Crippen molar-refractivity contribution in [3.63, 3.8) is 0 Å². The number of aryl methyl sites for hydroxylation is 1. The van der Waals surface area contributed by atoms with Gasteiger partial charge in [0.2, 0.25) is 5.91 Å². The van der Waals surface area contributed by atoms with Crippen LogP contribution in [0.3, 0.4) is 0 Å². The van der Waals surface area contributed by atoms with Crippen LogP contribution in [-0.2, 0) is 16.0 Å². The van der Waals surface area contributed by atoms with Gasteiger partial charge >= 0.3 is 5.97 Å². The van der Waals surface area contributed by atoms with Gasteiger partial charge in [-0.3, -0.25) is 9.59 Å². The number of benzene rings is 1. The Morgan fingerprint density at radius 1 is 1.32 bits per heavy atom. The van der Waals surface area contributed by atoms with Crippen molar-refractivity contribution in [2.45, 2.75) is 45.1 Å². The van der Waals surface area contributed by atoms with E-state index in [1.165, 1.54) is 5.56 Å². The number of rotatable bonds is 4. The molecule has 0 radical (unpaired) electrons. The minimum atomic E-state index is -0.847.